The summed E-state index contributed by atoms with van der Waals surface area (Å²) in [4.78, 5) is 23.8. The molecule has 2 aromatic carbocycles. The third-order valence-corrected chi connectivity index (χ3v) is 4.86. The number of aryl methyl sites for hydroxylation is 1. The quantitative estimate of drug-likeness (QED) is 0.756. The van der Waals surface area contributed by atoms with Crippen LogP contribution in [0.3, 0.4) is 0 Å². The van der Waals surface area contributed by atoms with Crippen LogP contribution in [0.25, 0.3) is 0 Å². The summed E-state index contributed by atoms with van der Waals surface area (Å²) in [5, 5.41) is 2.88. The molecule has 1 aliphatic heterocycles. The van der Waals surface area contributed by atoms with Gasteiger partial charge in [-0.15, -0.1) is 0 Å². The van der Waals surface area contributed by atoms with Crippen molar-refractivity contribution in [2.75, 3.05) is 23.9 Å². The van der Waals surface area contributed by atoms with Crippen LogP contribution in [0.4, 0.5) is 11.5 Å². The van der Waals surface area contributed by atoms with Crippen LogP contribution in [-0.4, -0.2) is 29.5 Å². The van der Waals surface area contributed by atoms with Crippen molar-refractivity contribution in [1.82, 2.24) is 9.97 Å². The smallest absolute Gasteiger partial charge is 0.274 e. The number of carbonyl (C=O) groups is 1. The van der Waals surface area contributed by atoms with Crippen LogP contribution in [0, 0.1) is 6.92 Å². The Balaban J connectivity index is 1.54. The number of carbonyl (C=O) groups excluding carboxylic acids is 1. The summed E-state index contributed by atoms with van der Waals surface area (Å²) in [6.45, 7) is 3.46. The number of nitrogens with zero attached hydrogens (tertiary/aromatic N) is 3. The van der Waals surface area contributed by atoms with Gasteiger partial charge >= 0.3 is 0 Å². The highest BCUT2D eigenvalue weighted by Gasteiger charge is 2.19. The maximum absolute atomic E-state index is 12.7. The Kier molecular flexibility index (Phi) is 4.93. The van der Waals surface area contributed by atoms with E-state index in [1.54, 1.807) is 37.4 Å². The highest BCUT2D eigenvalue weighted by Crippen LogP contribution is 2.24. The Morgan fingerprint density at radius 2 is 1.82 bits per heavy atom. The van der Waals surface area contributed by atoms with Crippen molar-refractivity contribution in [3.63, 3.8) is 0 Å². The fourth-order valence-electron chi connectivity index (χ4n) is 3.39. The van der Waals surface area contributed by atoms with Gasteiger partial charge in [0.05, 0.1) is 7.11 Å². The molecule has 2 heterocycles. The number of anilines is 2. The summed E-state index contributed by atoms with van der Waals surface area (Å²) < 4.78 is 5.14. The molecule has 1 amide bonds. The van der Waals surface area contributed by atoms with Crippen LogP contribution in [0.2, 0.25) is 0 Å². The van der Waals surface area contributed by atoms with E-state index in [1.165, 1.54) is 11.1 Å². The average molecular weight is 374 g/mol. The second-order valence-electron chi connectivity index (χ2n) is 6.78. The summed E-state index contributed by atoms with van der Waals surface area (Å²) in [7, 11) is 1.61. The van der Waals surface area contributed by atoms with Crippen molar-refractivity contribution in [3.8, 4) is 5.75 Å². The summed E-state index contributed by atoms with van der Waals surface area (Å²) in [5.41, 5.74) is 3.73. The fraction of sp³-hybridized carbons (Fsp3) is 0.227. The third kappa shape index (κ3) is 3.81. The normalized spacial score (nSPS) is 13.0. The van der Waals surface area contributed by atoms with E-state index in [1.807, 2.05) is 6.92 Å². The number of fused-ring (bicyclic) bond motifs is 1. The molecular formula is C22H22N4O2. The van der Waals surface area contributed by atoms with Crippen molar-refractivity contribution in [2.24, 2.45) is 0 Å². The van der Waals surface area contributed by atoms with E-state index >= 15 is 0 Å². The molecule has 0 unspecified atom stereocenters. The molecule has 4 rings (SSSR count). The SMILES string of the molecule is COc1ccc(NC(=O)c2cc(N3CCc4ccccc4C3)nc(C)n2)cc1. The lowest BCUT2D eigenvalue weighted by Gasteiger charge is -2.30. The molecule has 0 bridgehead atoms. The zero-order valence-corrected chi connectivity index (χ0v) is 16.0. The molecule has 0 spiro atoms. The van der Waals surface area contributed by atoms with Crippen molar-refractivity contribution >= 4 is 17.4 Å². The van der Waals surface area contributed by atoms with Crippen molar-refractivity contribution in [3.05, 3.63) is 77.2 Å². The summed E-state index contributed by atoms with van der Waals surface area (Å²) >= 11 is 0. The van der Waals surface area contributed by atoms with Crippen LogP contribution >= 0.6 is 0 Å². The molecule has 0 atom stereocenters. The first-order chi connectivity index (χ1) is 13.6. The van der Waals surface area contributed by atoms with Gasteiger partial charge in [0.25, 0.3) is 5.91 Å². The van der Waals surface area contributed by atoms with Gasteiger partial charge in [-0.2, -0.15) is 0 Å². The van der Waals surface area contributed by atoms with Crippen molar-refractivity contribution < 1.29 is 9.53 Å². The number of methoxy groups -OCH3 is 1. The van der Waals surface area contributed by atoms with Crippen LogP contribution < -0.4 is 15.0 Å². The van der Waals surface area contributed by atoms with Gasteiger partial charge in [0.15, 0.2) is 0 Å². The number of aromatic nitrogens is 2. The second-order valence-corrected chi connectivity index (χ2v) is 6.78. The first-order valence-electron chi connectivity index (χ1n) is 9.25. The first-order valence-corrected chi connectivity index (χ1v) is 9.25. The topological polar surface area (TPSA) is 67.3 Å². The van der Waals surface area contributed by atoms with E-state index in [4.69, 9.17) is 4.74 Å². The molecule has 0 saturated carbocycles. The van der Waals surface area contributed by atoms with E-state index in [9.17, 15) is 4.79 Å². The Bertz CT molecular complexity index is 1000. The standard InChI is InChI=1S/C22H22N4O2/c1-15-23-20(22(27)25-18-7-9-19(28-2)10-8-18)13-21(24-15)26-12-11-16-5-3-4-6-17(16)14-26/h3-10,13H,11-12,14H2,1-2H3,(H,25,27). The van der Waals surface area contributed by atoms with Crippen LogP contribution in [-0.2, 0) is 13.0 Å². The van der Waals surface area contributed by atoms with Gasteiger partial charge in [-0.05, 0) is 48.7 Å². The van der Waals surface area contributed by atoms with E-state index in [0.717, 1.165) is 31.1 Å². The van der Waals surface area contributed by atoms with E-state index in [-0.39, 0.29) is 5.91 Å². The maximum atomic E-state index is 12.7. The molecule has 0 saturated heterocycles. The molecule has 0 radical (unpaired) electrons. The van der Waals surface area contributed by atoms with Gasteiger partial charge in [-0.3, -0.25) is 4.79 Å². The van der Waals surface area contributed by atoms with Gasteiger partial charge in [-0.1, -0.05) is 24.3 Å². The number of hydrogen-bond donors (Lipinski definition) is 1. The number of ether oxygens (including phenoxy) is 1. The van der Waals surface area contributed by atoms with Gasteiger partial charge < -0.3 is 15.0 Å². The molecule has 3 aromatic rings. The van der Waals surface area contributed by atoms with Gasteiger partial charge in [0.1, 0.15) is 23.1 Å². The molecule has 0 fully saturated rings. The van der Waals surface area contributed by atoms with Crippen LogP contribution in [0.1, 0.15) is 27.4 Å². The lowest BCUT2D eigenvalue weighted by atomic mass is 10.00. The third-order valence-electron chi connectivity index (χ3n) is 4.86. The lowest BCUT2D eigenvalue weighted by Crippen LogP contribution is -2.31. The largest absolute Gasteiger partial charge is 0.497 e. The Morgan fingerprint density at radius 3 is 2.57 bits per heavy atom. The van der Waals surface area contributed by atoms with Crippen molar-refractivity contribution in [2.45, 2.75) is 19.9 Å². The van der Waals surface area contributed by atoms with Crippen LogP contribution in [0.15, 0.2) is 54.6 Å². The monoisotopic (exact) mass is 374 g/mol. The van der Waals surface area contributed by atoms with E-state index in [0.29, 0.717) is 17.2 Å². The average Bonchev–Trinajstić information content (AvgIpc) is 2.73. The molecule has 6 heteroatoms. The van der Waals surface area contributed by atoms with Gasteiger partial charge in [0, 0.05) is 24.8 Å². The minimum atomic E-state index is -0.255. The molecule has 28 heavy (non-hydrogen) atoms. The van der Waals surface area contributed by atoms with Crippen LogP contribution in [0.5, 0.6) is 5.75 Å². The molecule has 142 valence electrons. The highest BCUT2D eigenvalue weighted by molar-refractivity contribution is 6.03. The summed E-state index contributed by atoms with van der Waals surface area (Å²) in [5.74, 6) is 1.84. The number of rotatable bonds is 4. The van der Waals surface area contributed by atoms with Gasteiger partial charge in [-0.25, -0.2) is 9.97 Å². The molecule has 1 N–H and O–H groups in total. The summed E-state index contributed by atoms with van der Waals surface area (Å²) in [6.07, 6.45) is 0.965. The number of amides is 1. The molecule has 6 nitrogen and oxygen atoms in total. The minimum absolute atomic E-state index is 0.255. The number of nitrogens with one attached hydrogen (secondary N) is 1. The van der Waals surface area contributed by atoms with Crippen molar-refractivity contribution in [1.29, 1.82) is 0 Å². The lowest BCUT2D eigenvalue weighted by molar-refractivity contribution is 0.102. The Morgan fingerprint density at radius 1 is 1.07 bits per heavy atom. The minimum Gasteiger partial charge on any atom is -0.497 e. The summed E-state index contributed by atoms with van der Waals surface area (Å²) in [6, 6.07) is 17.4. The molecule has 0 aliphatic carbocycles. The first kappa shape index (κ1) is 18.0. The molecule has 1 aliphatic rings. The predicted molar refractivity (Wildman–Crippen MR) is 109 cm³/mol. The fourth-order valence-corrected chi connectivity index (χ4v) is 3.39. The maximum Gasteiger partial charge on any atom is 0.274 e. The predicted octanol–water partition coefficient (Wildman–Crippen LogP) is 3.61. The Hall–Kier alpha value is -3.41. The Labute approximate surface area is 164 Å². The van der Waals surface area contributed by atoms with E-state index in [2.05, 4.69) is 44.5 Å². The number of benzene rings is 2. The highest BCUT2D eigenvalue weighted by atomic mass is 16.5. The molecule has 1 aromatic heterocycles. The zero-order chi connectivity index (χ0) is 19.5. The van der Waals surface area contributed by atoms with E-state index < -0.39 is 0 Å². The van der Waals surface area contributed by atoms with Gasteiger partial charge in [0.2, 0.25) is 0 Å². The zero-order valence-electron chi connectivity index (χ0n) is 16.0. The molecular weight excluding hydrogens is 352 g/mol. The second kappa shape index (κ2) is 7.68. The number of hydrogen-bond acceptors (Lipinski definition) is 5.